The Morgan fingerprint density at radius 3 is 2.61 bits per heavy atom. The molecule has 18 heavy (non-hydrogen) atoms. The second-order valence-corrected chi connectivity index (χ2v) is 6.88. The summed E-state index contributed by atoms with van der Waals surface area (Å²) in [6.07, 6.45) is 10.1. The van der Waals surface area contributed by atoms with Crippen LogP contribution in [-0.4, -0.2) is 30.0 Å². The first-order valence-corrected chi connectivity index (χ1v) is 8.36. The SMILES string of the molecule is CSC1(CNC(=O)CCC(C)CN)CCCCC1. The van der Waals surface area contributed by atoms with Gasteiger partial charge in [-0.05, 0) is 38.0 Å². The van der Waals surface area contributed by atoms with E-state index < -0.39 is 0 Å². The monoisotopic (exact) mass is 272 g/mol. The Morgan fingerprint density at radius 1 is 1.39 bits per heavy atom. The summed E-state index contributed by atoms with van der Waals surface area (Å²) in [5.74, 6) is 0.634. The van der Waals surface area contributed by atoms with E-state index in [0.717, 1.165) is 13.0 Å². The lowest BCUT2D eigenvalue weighted by Crippen LogP contribution is -2.41. The highest BCUT2D eigenvalue weighted by atomic mass is 32.2. The first-order chi connectivity index (χ1) is 8.62. The molecule has 3 nitrogen and oxygen atoms in total. The zero-order valence-corrected chi connectivity index (χ0v) is 12.7. The minimum absolute atomic E-state index is 0.189. The Balaban J connectivity index is 2.27. The highest BCUT2D eigenvalue weighted by molar-refractivity contribution is 8.00. The fraction of sp³-hybridized carbons (Fsp3) is 0.929. The molecular weight excluding hydrogens is 244 g/mol. The van der Waals surface area contributed by atoms with Crippen LogP contribution in [0.1, 0.15) is 51.9 Å². The Morgan fingerprint density at radius 2 is 2.06 bits per heavy atom. The van der Waals surface area contributed by atoms with Crippen LogP contribution in [0.2, 0.25) is 0 Å². The van der Waals surface area contributed by atoms with Gasteiger partial charge in [-0.25, -0.2) is 0 Å². The largest absolute Gasteiger partial charge is 0.355 e. The van der Waals surface area contributed by atoms with Gasteiger partial charge in [0.25, 0.3) is 0 Å². The highest BCUT2D eigenvalue weighted by Gasteiger charge is 2.31. The van der Waals surface area contributed by atoms with Crippen LogP contribution in [0.4, 0.5) is 0 Å². The molecule has 0 saturated heterocycles. The Kier molecular flexibility index (Phi) is 7.08. The molecule has 1 unspecified atom stereocenters. The highest BCUT2D eigenvalue weighted by Crippen LogP contribution is 2.37. The molecule has 106 valence electrons. The zero-order chi connectivity index (χ0) is 13.4. The van der Waals surface area contributed by atoms with Gasteiger partial charge in [0, 0.05) is 17.7 Å². The topological polar surface area (TPSA) is 55.1 Å². The van der Waals surface area contributed by atoms with Gasteiger partial charge in [0.2, 0.25) is 5.91 Å². The molecule has 0 bridgehead atoms. The Hall–Kier alpha value is -0.220. The molecular formula is C14H28N2OS. The number of carbonyl (C=O) groups excluding carboxylic acids is 1. The lowest BCUT2D eigenvalue weighted by Gasteiger charge is -2.35. The number of amides is 1. The van der Waals surface area contributed by atoms with Crippen LogP contribution >= 0.6 is 11.8 Å². The van der Waals surface area contributed by atoms with Gasteiger partial charge in [-0.1, -0.05) is 26.2 Å². The van der Waals surface area contributed by atoms with Gasteiger partial charge in [-0.3, -0.25) is 4.79 Å². The standard InChI is InChI=1S/C14H28N2OS/c1-12(10-15)6-7-13(17)16-11-14(18-2)8-4-3-5-9-14/h12H,3-11,15H2,1-2H3,(H,16,17). The normalized spacial score (nSPS) is 20.4. The van der Waals surface area contributed by atoms with Crippen LogP contribution in [0.3, 0.4) is 0 Å². The van der Waals surface area contributed by atoms with E-state index in [9.17, 15) is 4.79 Å². The number of thioether (sulfide) groups is 1. The molecule has 1 rings (SSSR count). The molecule has 1 amide bonds. The van der Waals surface area contributed by atoms with Crippen LogP contribution in [0, 0.1) is 5.92 Å². The maximum absolute atomic E-state index is 11.8. The fourth-order valence-electron chi connectivity index (χ4n) is 2.49. The van der Waals surface area contributed by atoms with Crippen molar-refractivity contribution < 1.29 is 4.79 Å². The first-order valence-electron chi connectivity index (χ1n) is 7.14. The molecule has 0 aliphatic heterocycles. The maximum Gasteiger partial charge on any atom is 0.220 e. The molecule has 3 N–H and O–H groups in total. The molecule has 1 aliphatic rings. The van der Waals surface area contributed by atoms with Crippen molar-refractivity contribution in [3.63, 3.8) is 0 Å². The van der Waals surface area contributed by atoms with E-state index in [2.05, 4.69) is 18.5 Å². The summed E-state index contributed by atoms with van der Waals surface area (Å²) in [6.45, 7) is 3.60. The molecule has 4 heteroatoms. The lowest BCUT2D eigenvalue weighted by atomic mass is 9.88. The fourth-order valence-corrected chi connectivity index (χ4v) is 3.41. The van der Waals surface area contributed by atoms with Gasteiger partial charge in [0.05, 0.1) is 0 Å². The number of carbonyl (C=O) groups is 1. The zero-order valence-electron chi connectivity index (χ0n) is 11.8. The number of hydrogen-bond donors (Lipinski definition) is 2. The molecule has 0 aromatic carbocycles. The van der Waals surface area contributed by atoms with Crippen molar-refractivity contribution in [3.05, 3.63) is 0 Å². The third-order valence-electron chi connectivity index (χ3n) is 4.07. The van der Waals surface area contributed by atoms with Gasteiger partial charge < -0.3 is 11.1 Å². The van der Waals surface area contributed by atoms with E-state index in [1.54, 1.807) is 0 Å². The summed E-state index contributed by atoms with van der Waals surface area (Å²) in [7, 11) is 0. The molecule has 0 aromatic rings. The third-order valence-corrected chi connectivity index (χ3v) is 5.49. The van der Waals surface area contributed by atoms with E-state index >= 15 is 0 Å². The lowest BCUT2D eigenvalue weighted by molar-refractivity contribution is -0.121. The van der Waals surface area contributed by atoms with Crippen LogP contribution in [-0.2, 0) is 4.79 Å². The summed E-state index contributed by atoms with van der Waals surface area (Å²) >= 11 is 1.93. The molecule has 0 aromatic heterocycles. The van der Waals surface area contributed by atoms with E-state index in [1.165, 1.54) is 32.1 Å². The predicted molar refractivity (Wildman–Crippen MR) is 79.8 cm³/mol. The molecule has 0 spiro atoms. The molecule has 0 heterocycles. The quantitative estimate of drug-likeness (QED) is 0.749. The number of nitrogens with one attached hydrogen (secondary N) is 1. The summed E-state index contributed by atoms with van der Waals surface area (Å²) < 4.78 is 0.299. The van der Waals surface area contributed by atoms with Crippen molar-refractivity contribution in [3.8, 4) is 0 Å². The number of nitrogens with two attached hydrogens (primary N) is 1. The average Bonchev–Trinajstić information content (AvgIpc) is 2.43. The molecule has 1 fully saturated rings. The van der Waals surface area contributed by atoms with Crippen LogP contribution in [0.25, 0.3) is 0 Å². The van der Waals surface area contributed by atoms with Gasteiger partial charge in [0.15, 0.2) is 0 Å². The summed E-state index contributed by atoms with van der Waals surface area (Å²) in [5, 5.41) is 3.12. The van der Waals surface area contributed by atoms with E-state index in [1.807, 2.05) is 11.8 Å². The van der Waals surface area contributed by atoms with Crippen molar-refractivity contribution >= 4 is 17.7 Å². The molecule has 1 atom stereocenters. The van der Waals surface area contributed by atoms with E-state index in [0.29, 0.717) is 23.6 Å². The second-order valence-electron chi connectivity index (χ2n) is 5.60. The van der Waals surface area contributed by atoms with Crippen molar-refractivity contribution in [2.45, 2.75) is 56.6 Å². The first kappa shape index (κ1) is 15.8. The van der Waals surface area contributed by atoms with Crippen LogP contribution in [0.15, 0.2) is 0 Å². The average molecular weight is 272 g/mol. The van der Waals surface area contributed by atoms with E-state index in [-0.39, 0.29) is 5.91 Å². The number of hydrogen-bond acceptors (Lipinski definition) is 3. The minimum Gasteiger partial charge on any atom is -0.355 e. The summed E-state index contributed by atoms with van der Waals surface area (Å²) in [4.78, 5) is 11.8. The predicted octanol–water partition coefficient (Wildman–Crippen LogP) is 2.54. The van der Waals surface area contributed by atoms with Gasteiger partial charge in [0.1, 0.15) is 0 Å². The second kappa shape index (κ2) is 8.05. The van der Waals surface area contributed by atoms with Crippen molar-refractivity contribution in [1.82, 2.24) is 5.32 Å². The van der Waals surface area contributed by atoms with Gasteiger partial charge >= 0.3 is 0 Å². The van der Waals surface area contributed by atoms with Crippen molar-refractivity contribution in [2.24, 2.45) is 11.7 Å². The molecule has 1 aliphatic carbocycles. The Labute approximate surface area is 116 Å². The summed E-state index contributed by atoms with van der Waals surface area (Å²) in [5.41, 5.74) is 5.56. The van der Waals surface area contributed by atoms with Crippen LogP contribution in [0.5, 0.6) is 0 Å². The third kappa shape index (κ3) is 5.19. The van der Waals surface area contributed by atoms with Crippen molar-refractivity contribution in [1.29, 1.82) is 0 Å². The maximum atomic E-state index is 11.8. The Bertz CT molecular complexity index is 252. The smallest absolute Gasteiger partial charge is 0.220 e. The minimum atomic E-state index is 0.189. The van der Waals surface area contributed by atoms with E-state index in [4.69, 9.17) is 5.73 Å². The van der Waals surface area contributed by atoms with Gasteiger partial charge in [-0.15, -0.1) is 0 Å². The molecule has 0 radical (unpaired) electrons. The summed E-state index contributed by atoms with van der Waals surface area (Å²) in [6, 6.07) is 0. The van der Waals surface area contributed by atoms with Crippen LogP contribution < -0.4 is 11.1 Å². The number of rotatable bonds is 7. The van der Waals surface area contributed by atoms with Crippen molar-refractivity contribution in [2.75, 3.05) is 19.3 Å². The van der Waals surface area contributed by atoms with Gasteiger partial charge in [-0.2, -0.15) is 11.8 Å². The molecule has 1 saturated carbocycles.